The molecule has 2 aromatic carbocycles. The van der Waals surface area contributed by atoms with Crippen molar-refractivity contribution in [3.63, 3.8) is 0 Å². The molecular formula is C36H42ClFN2O4. The number of rotatable bonds is 8. The number of ether oxygens (including phenoxy) is 2. The maximum atomic E-state index is 14.4. The van der Waals surface area contributed by atoms with E-state index < -0.39 is 11.6 Å². The van der Waals surface area contributed by atoms with Crippen LogP contribution in [0, 0.1) is 17.7 Å². The summed E-state index contributed by atoms with van der Waals surface area (Å²) in [4.78, 5) is 17.8. The molecule has 6 rings (SSSR count). The average Bonchev–Trinajstić information content (AvgIpc) is 3.29. The van der Waals surface area contributed by atoms with Gasteiger partial charge in [0, 0.05) is 22.5 Å². The molecule has 1 heterocycles. The summed E-state index contributed by atoms with van der Waals surface area (Å²) in [6.07, 6.45) is 7.26. The fourth-order valence-electron chi connectivity index (χ4n) is 8.26. The van der Waals surface area contributed by atoms with Crippen LogP contribution in [0.3, 0.4) is 0 Å². The Morgan fingerprint density at radius 2 is 1.95 bits per heavy atom. The predicted molar refractivity (Wildman–Crippen MR) is 170 cm³/mol. The molecule has 1 unspecified atom stereocenters. The number of nitrogens with zero attached hydrogens (tertiary/aromatic N) is 1. The van der Waals surface area contributed by atoms with Crippen molar-refractivity contribution in [1.29, 1.82) is 0 Å². The number of carbonyl (C=O) groups is 1. The van der Waals surface area contributed by atoms with Crippen LogP contribution < -0.4 is 10.1 Å². The van der Waals surface area contributed by atoms with Gasteiger partial charge in [0.25, 0.3) is 0 Å². The minimum Gasteiger partial charge on any atom is -0.493 e. The first-order chi connectivity index (χ1) is 21.1. The molecule has 0 amide bonds. The minimum atomic E-state index is -0.867. The van der Waals surface area contributed by atoms with E-state index in [2.05, 4.69) is 24.1 Å². The Labute approximate surface area is 264 Å². The number of hydrogen-bond donors (Lipinski definition) is 2. The number of anilines is 1. The van der Waals surface area contributed by atoms with Gasteiger partial charge in [0.2, 0.25) is 0 Å². The lowest BCUT2D eigenvalue weighted by Crippen LogP contribution is -2.53. The topological polar surface area (TPSA) is 80.7 Å². The Balaban J connectivity index is 1.22. The molecule has 1 saturated carbocycles. The average molecular weight is 621 g/mol. The molecule has 234 valence electrons. The summed E-state index contributed by atoms with van der Waals surface area (Å²) in [6, 6.07) is 14.6. The summed E-state index contributed by atoms with van der Waals surface area (Å²) in [5.74, 6) is 1.13. The van der Waals surface area contributed by atoms with Crippen molar-refractivity contribution in [1.82, 2.24) is 4.98 Å². The number of halogens is 2. The van der Waals surface area contributed by atoms with Crippen LogP contribution in [0.1, 0.15) is 93.2 Å². The largest absolute Gasteiger partial charge is 0.493 e. The van der Waals surface area contributed by atoms with E-state index in [0.29, 0.717) is 24.5 Å². The number of aromatic nitrogens is 1. The smallest absolute Gasteiger partial charge is 0.331 e. The molecule has 1 aromatic heterocycles. The van der Waals surface area contributed by atoms with Crippen molar-refractivity contribution in [2.45, 2.75) is 88.2 Å². The maximum absolute atomic E-state index is 14.4. The second-order valence-corrected chi connectivity index (χ2v) is 13.8. The van der Waals surface area contributed by atoms with E-state index in [1.807, 2.05) is 36.4 Å². The quantitative estimate of drug-likeness (QED) is 0.249. The lowest BCUT2D eigenvalue weighted by atomic mass is 9.59. The number of benzene rings is 2. The van der Waals surface area contributed by atoms with E-state index in [-0.39, 0.29) is 35.0 Å². The third-order valence-corrected chi connectivity index (χ3v) is 10.7. The highest BCUT2D eigenvalue weighted by molar-refractivity contribution is 6.30. The van der Waals surface area contributed by atoms with Crippen molar-refractivity contribution in [3.8, 4) is 5.75 Å². The highest BCUT2D eigenvalue weighted by atomic mass is 35.5. The van der Waals surface area contributed by atoms with Gasteiger partial charge in [-0.1, -0.05) is 37.6 Å². The molecule has 4 atom stereocenters. The van der Waals surface area contributed by atoms with Gasteiger partial charge in [0.1, 0.15) is 17.1 Å². The Morgan fingerprint density at radius 1 is 1.16 bits per heavy atom. The summed E-state index contributed by atoms with van der Waals surface area (Å²) in [7, 11) is 1.44. The first-order valence-electron chi connectivity index (χ1n) is 15.8. The molecule has 0 radical (unpaired) electrons. The van der Waals surface area contributed by atoms with Gasteiger partial charge in [-0.25, -0.2) is 9.18 Å². The first-order valence-corrected chi connectivity index (χ1v) is 16.2. The molecule has 1 spiro atoms. The predicted octanol–water partition coefficient (Wildman–Crippen LogP) is 7.92. The normalized spacial score (nSPS) is 28.2. The lowest BCUT2D eigenvalue weighted by Gasteiger charge is -2.47. The molecule has 1 fully saturated rings. The summed E-state index contributed by atoms with van der Waals surface area (Å²) in [5.41, 5.74) is 3.80. The van der Waals surface area contributed by atoms with Gasteiger partial charge >= 0.3 is 5.97 Å². The molecule has 44 heavy (non-hydrogen) atoms. The highest BCUT2D eigenvalue weighted by Crippen LogP contribution is 2.56. The van der Waals surface area contributed by atoms with Gasteiger partial charge in [-0.2, -0.15) is 0 Å². The second-order valence-electron chi connectivity index (χ2n) is 13.3. The van der Waals surface area contributed by atoms with E-state index in [1.165, 1.54) is 12.7 Å². The molecule has 0 bridgehead atoms. The number of esters is 1. The second kappa shape index (κ2) is 12.3. The van der Waals surface area contributed by atoms with Crippen molar-refractivity contribution < 1.29 is 23.8 Å². The number of aliphatic hydroxyl groups excluding tert-OH is 1. The third kappa shape index (κ3) is 5.69. The van der Waals surface area contributed by atoms with Crippen molar-refractivity contribution >= 4 is 23.3 Å². The standard InChI is InChI=1S/C36H42ClFN2O4/c1-22(21-44-31-11-16-39-33-30(41)10-7-23(2)32(31)33)17-25-18-24-19-27(38)8-9-29(24)35(25)12-14-36(15-13-35,34(42)43-3)40-28-6-4-5-26(37)20-28/h4-6,8-9,11,16,19-20,22-23,25,30,40-41H,7,10,12-15,17-18,21H2,1-3H3/t22-,23-,25?,30-,35?,36?/m1/s1. The Morgan fingerprint density at radius 3 is 2.70 bits per heavy atom. The SMILES string of the molecule is COC(=O)C1(Nc2cccc(Cl)c2)CCC2(CC1)c1ccc(F)cc1CC2C[C@@H](C)COc1ccnc2c1[C@H](C)CC[C@H]2O. The number of pyridine rings is 1. The Hall–Kier alpha value is -3.16. The number of nitrogens with one attached hydrogen (secondary N) is 1. The zero-order valence-corrected chi connectivity index (χ0v) is 26.5. The molecular weight excluding hydrogens is 579 g/mol. The molecule has 0 aliphatic heterocycles. The number of hydrogen-bond acceptors (Lipinski definition) is 6. The van der Waals surface area contributed by atoms with E-state index in [9.17, 15) is 14.3 Å². The number of methoxy groups -OCH3 is 1. The number of carbonyl (C=O) groups excluding carboxylic acids is 1. The van der Waals surface area contributed by atoms with E-state index in [1.54, 1.807) is 18.3 Å². The van der Waals surface area contributed by atoms with Crippen LogP contribution in [0.4, 0.5) is 10.1 Å². The van der Waals surface area contributed by atoms with Gasteiger partial charge in [-0.15, -0.1) is 0 Å². The summed E-state index contributed by atoms with van der Waals surface area (Å²) >= 11 is 6.26. The first kappa shape index (κ1) is 30.8. The van der Waals surface area contributed by atoms with Crippen LogP contribution in [0.25, 0.3) is 0 Å². The Bertz CT molecular complexity index is 1520. The molecule has 3 aliphatic carbocycles. The van der Waals surface area contributed by atoms with E-state index >= 15 is 0 Å². The Kier molecular flexibility index (Phi) is 8.64. The lowest BCUT2D eigenvalue weighted by molar-refractivity contribution is -0.148. The van der Waals surface area contributed by atoms with Gasteiger partial charge in [-0.3, -0.25) is 4.98 Å². The number of fused-ring (bicyclic) bond motifs is 3. The van der Waals surface area contributed by atoms with Crippen LogP contribution in [0.15, 0.2) is 54.7 Å². The van der Waals surface area contributed by atoms with Crippen molar-refractivity contribution in [2.75, 3.05) is 19.0 Å². The highest BCUT2D eigenvalue weighted by Gasteiger charge is 2.54. The maximum Gasteiger partial charge on any atom is 0.331 e. The van der Waals surface area contributed by atoms with E-state index in [4.69, 9.17) is 21.1 Å². The summed E-state index contributed by atoms with van der Waals surface area (Å²) < 4.78 is 26.2. The fourth-order valence-corrected chi connectivity index (χ4v) is 8.45. The zero-order chi connectivity index (χ0) is 31.1. The van der Waals surface area contributed by atoms with Gasteiger partial charge in [0.05, 0.1) is 25.5 Å². The van der Waals surface area contributed by atoms with Gasteiger partial charge in [-0.05, 0) is 122 Å². The fraction of sp³-hybridized carbons (Fsp3) is 0.500. The monoisotopic (exact) mass is 620 g/mol. The van der Waals surface area contributed by atoms with Crippen LogP contribution >= 0.6 is 11.6 Å². The molecule has 3 aliphatic rings. The summed E-state index contributed by atoms with van der Waals surface area (Å²) in [5, 5.41) is 14.6. The molecule has 8 heteroatoms. The van der Waals surface area contributed by atoms with Crippen LogP contribution in [-0.2, 0) is 21.4 Å². The molecule has 6 nitrogen and oxygen atoms in total. The third-order valence-electron chi connectivity index (χ3n) is 10.5. The number of aliphatic hydroxyl groups is 1. The van der Waals surface area contributed by atoms with Crippen molar-refractivity contribution in [3.05, 3.63) is 88.0 Å². The molecule has 0 saturated heterocycles. The van der Waals surface area contributed by atoms with Crippen LogP contribution in [0.5, 0.6) is 5.75 Å². The van der Waals surface area contributed by atoms with Gasteiger partial charge in [0.15, 0.2) is 0 Å². The summed E-state index contributed by atoms with van der Waals surface area (Å²) in [6.45, 7) is 4.92. The van der Waals surface area contributed by atoms with Crippen molar-refractivity contribution in [2.24, 2.45) is 11.8 Å². The molecule has 3 aromatic rings. The van der Waals surface area contributed by atoms with Gasteiger partial charge < -0.3 is 19.9 Å². The van der Waals surface area contributed by atoms with E-state index in [0.717, 1.165) is 66.8 Å². The van der Waals surface area contributed by atoms with Crippen LogP contribution in [0.2, 0.25) is 5.02 Å². The molecule has 2 N–H and O–H groups in total. The minimum absolute atomic E-state index is 0.167. The zero-order valence-electron chi connectivity index (χ0n) is 25.7. The van der Waals surface area contributed by atoms with Crippen LogP contribution in [-0.4, -0.2) is 35.3 Å².